The summed E-state index contributed by atoms with van der Waals surface area (Å²) >= 11 is 0. The van der Waals surface area contributed by atoms with Crippen LogP contribution >= 0.6 is 0 Å². The lowest BCUT2D eigenvalue weighted by atomic mass is 9.79. The van der Waals surface area contributed by atoms with Crippen LogP contribution in [0.1, 0.15) is 48.4 Å². The highest BCUT2D eigenvalue weighted by Gasteiger charge is 2.39. The van der Waals surface area contributed by atoms with Gasteiger partial charge in [-0.25, -0.2) is 0 Å². The van der Waals surface area contributed by atoms with Crippen LogP contribution in [-0.4, -0.2) is 44.8 Å². The number of carbonyl (C=O) groups is 1. The molecule has 5 heteroatoms. The summed E-state index contributed by atoms with van der Waals surface area (Å²) in [5, 5.41) is 17.9. The maximum atomic E-state index is 12.8. The van der Waals surface area contributed by atoms with Crippen LogP contribution in [0.5, 0.6) is 0 Å². The van der Waals surface area contributed by atoms with E-state index in [-0.39, 0.29) is 11.8 Å². The highest BCUT2D eigenvalue weighted by atomic mass is 16.3. The van der Waals surface area contributed by atoms with E-state index in [4.69, 9.17) is 0 Å². The van der Waals surface area contributed by atoms with E-state index in [1.807, 2.05) is 36.1 Å². The second-order valence-corrected chi connectivity index (χ2v) is 7.27. The van der Waals surface area contributed by atoms with Crippen LogP contribution in [0.2, 0.25) is 0 Å². The van der Waals surface area contributed by atoms with Gasteiger partial charge in [0.25, 0.3) is 5.91 Å². The molecule has 0 unspecified atom stereocenters. The number of hydrogen-bond acceptors (Lipinski definition) is 3. The Bertz CT molecular complexity index is 709. The summed E-state index contributed by atoms with van der Waals surface area (Å²) in [4.78, 5) is 14.6. The number of aryl methyl sites for hydroxylation is 1. The fourth-order valence-corrected chi connectivity index (χ4v) is 3.52. The number of aromatic nitrogens is 2. The van der Waals surface area contributed by atoms with Crippen LogP contribution in [0.25, 0.3) is 0 Å². The minimum absolute atomic E-state index is 0.0154. The zero-order chi connectivity index (χ0) is 17.9. The Morgan fingerprint density at radius 2 is 2.16 bits per heavy atom. The second kappa shape index (κ2) is 7.40. The van der Waals surface area contributed by atoms with Gasteiger partial charge in [0.15, 0.2) is 0 Å². The molecule has 0 spiro atoms. The van der Waals surface area contributed by atoms with Gasteiger partial charge >= 0.3 is 0 Å². The molecule has 2 N–H and O–H groups in total. The number of nitrogens with one attached hydrogen (secondary N) is 1. The van der Waals surface area contributed by atoms with Crippen molar-refractivity contribution >= 4 is 5.91 Å². The van der Waals surface area contributed by atoms with Gasteiger partial charge in [-0.1, -0.05) is 43.7 Å². The number of piperidine rings is 1. The van der Waals surface area contributed by atoms with E-state index in [9.17, 15) is 9.90 Å². The van der Waals surface area contributed by atoms with Gasteiger partial charge in [0.1, 0.15) is 5.69 Å². The topological polar surface area (TPSA) is 69.2 Å². The molecule has 0 radical (unpaired) electrons. The van der Waals surface area contributed by atoms with Crippen molar-refractivity contribution in [3.05, 3.63) is 53.3 Å². The van der Waals surface area contributed by atoms with Crippen molar-refractivity contribution in [3.8, 4) is 0 Å². The fourth-order valence-electron chi connectivity index (χ4n) is 3.52. The number of nitrogens with zero attached hydrogens (tertiary/aromatic N) is 2. The van der Waals surface area contributed by atoms with Crippen molar-refractivity contribution in [2.24, 2.45) is 5.92 Å². The Kier molecular flexibility index (Phi) is 5.23. The number of aromatic amines is 1. The molecule has 2 atom stereocenters. The average Bonchev–Trinajstić information content (AvgIpc) is 3.06. The van der Waals surface area contributed by atoms with E-state index in [0.29, 0.717) is 25.2 Å². The Morgan fingerprint density at radius 1 is 1.40 bits per heavy atom. The summed E-state index contributed by atoms with van der Waals surface area (Å²) in [5.41, 5.74) is 1.90. The molecule has 5 nitrogen and oxygen atoms in total. The Hall–Kier alpha value is -2.14. The van der Waals surface area contributed by atoms with E-state index in [2.05, 4.69) is 29.3 Å². The van der Waals surface area contributed by atoms with Crippen LogP contribution in [0, 0.1) is 5.92 Å². The lowest BCUT2D eigenvalue weighted by molar-refractivity contribution is -0.0508. The molecule has 0 bridgehead atoms. The van der Waals surface area contributed by atoms with Crippen LogP contribution in [0.3, 0.4) is 0 Å². The molecule has 1 saturated heterocycles. The molecule has 1 aromatic carbocycles. The second-order valence-electron chi connectivity index (χ2n) is 7.27. The number of H-pyrrole nitrogens is 1. The summed E-state index contributed by atoms with van der Waals surface area (Å²) in [6.45, 7) is 5.10. The Labute approximate surface area is 149 Å². The van der Waals surface area contributed by atoms with E-state index < -0.39 is 5.60 Å². The fraction of sp³-hybridized carbons (Fsp3) is 0.500. The summed E-state index contributed by atoms with van der Waals surface area (Å²) in [6, 6.07) is 12.0. The number of likely N-dealkylation sites (tertiary alicyclic amines) is 1. The van der Waals surface area contributed by atoms with E-state index in [1.165, 1.54) is 5.56 Å². The largest absolute Gasteiger partial charge is 0.390 e. The third-order valence-electron chi connectivity index (χ3n) is 5.19. The lowest BCUT2D eigenvalue weighted by Crippen LogP contribution is -2.52. The molecule has 3 rings (SSSR count). The summed E-state index contributed by atoms with van der Waals surface area (Å²) < 4.78 is 0. The predicted molar refractivity (Wildman–Crippen MR) is 97.4 cm³/mol. The van der Waals surface area contributed by atoms with E-state index in [1.54, 1.807) is 0 Å². The minimum Gasteiger partial charge on any atom is -0.390 e. The summed E-state index contributed by atoms with van der Waals surface area (Å²) in [6.07, 6.45) is 3.26. The highest BCUT2D eigenvalue weighted by molar-refractivity contribution is 5.92. The maximum absolute atomic E-state index is 12.8. The van der Waals surface area contributed by atoms with Gasteiger partial charge in [0, 0.05) is 24.7 Å². The number of rotatable bonds is 5. The van der Waals surface area contributed by atoms with Gasteiger partial charge in [0.2, 0.25) is 0 Å². The van der Waals surface area contributed by atoms with Gasteiger partial charge in [-0.3, -0.25) is 9.89 Å². The first kappa shape index (κ1) is 17.7. The Balaban J connectivity index is 1.71. The van der Waals surface area contributed by atoms with Crippen molar-refractivity contribution in [1.29, 1.82) is 0 Å². The average molecular weight is 341 g/mol. The first-order valence-corrected chi connectivity index (χ1v) is 9.09. The van der Waals surface area contributed by atoms with E-state index >= 15 is 0 Å². The van der Waals surface area contributed by atoms with Crippen LogP contribution < -0.4 is 0 Å². The number of aliphatic hydroxyl groups is 1. The summed E-state index contributed by atoms with van der Waals surface area (Å²) in [5.74, 6) is -0.0335. The van der Waals surface area contributed by atoms with Crippen molar-refractivity contribution in [2.45, 2.75) is 45.1 Å². The van der Waals surface area contributed by atoms with Crippen LogP contribution in [0.15, 0.2) is 36.4 Å². The molecule has 1 fully saturated rings. The zero-order valence-corrected chi connectivity index (χ0v) is 15.0. The molecule has 2 heterocycles. The third kappa shape index (κ3) is 4.10. The third-order valence-corrected chi connectivity index (χ3v) is 5.19. The Morgan fingerprint density at radius 3 is 2.88 bits per heavy atom. The standard InChI is InChI=1S/C20H27N3O2/c1-3-7-17-13-18(22-21-17)19(24)23-11-10-20(2,25)16(14-23)12-15-8-5-4-6-9-15/h4-6,8-9,13,16,25H,3,7,10-12,14H2,1-2H3,(H,21,22)/t16-,20+/m0/s1. The molecule has 0 saturated carbocycles. The molecular formula is C20H27N3O2. The number of benzene rings is 1. The van der Waals surface area contributed by atoms with Gasteiger partial charge in [0.05, 0.1) is 5.60 Å². The maximum Gasteiger partial charge on any atom is 0.274 e. The smallest absolute Gasteiger partial charge is 0.274 e. The zero-order valence-electron chi connectivity index (χ0n) is 15.0. The molecule has 25 heavy (non-hydrogen) atoms. The predicted octanol–water partition coefficient (Wildman–Crippen LogP) is 2.82. The normalized spacial score (nSPS) is 23.6. The lowest BCUT2D eigenvalue weighted by Gasteiger charge is -2.42. The van der Waals surface area contributed by atoms with Gasteiger partial charge in [-0.2, -0.15) is 5.10 Å². The van der Waals surface area contributed by atoms with Gasteiger partial charge < -0.3 is 10.0 Å². The molecule has 134 valence electrons. The first-order chi connectivity index (χ1) is 12.0. The SMILES string of the molecule is CCCc1cc(C(=O)N2CC[C@@](C)(O)[C@@H](Cc3ccccc3)C2)n[nH]1. The molecule has 1 aliphatic heterocycles. The number of hydrogen-bond donors (Lipinski definition) is 2. The van der Waals surface area contributed by atoms with Crippen molar-refractivity contribution in [3.63, 3.8) is 0 Å². The number of carbonyl (C=O) groups excluding carboxylic acids is 1. The minimum atomic E-state index is -0.758. The molecule has 0 aliphatic carbocycles. The van der Waals surface area contributed by atoms with Gasteiger partial charge in [-0.15, -0.1) is 0 Å². The quantitative estimate of drug-likeness (QED) is 0.879. The molecule has 1 aliphatic rings. The monoisotopic (exact) mass is 341 g/mol. The van der Waals surface area contributed by atoms with Crippen LogP contribution in [0.4, 0.5) is 0 Å². The van der Waals surface area contributed by atoms with Crippen molar-refractivity contribution in [1.82, 2.24) is 15.1 Å². The van der Waals surface area contributed by atoms with E-state index in [0.717, 1.165) is 25.0 Å². The molecular weight excluding hydrogens is 314 g/mol. The molecule has 1 aromatic heterocycles. The van der Waals surface area contributed by atoms with Crippen molar-refractivity contribution < 1.29 is 9.90 Å². The van der Waals surface area contributed by atoms with Gasteiger partial charge in [-0.05, 0) is 37.8 Å². The highest BCUT2D eigenvalue weighted by Crippen LogP contribution is 2.31. The van der Waals surface area contributed by atoms with Crippen LogP contribution in [-0.2, 0) is 12.8 Å². The number of amides is 1. The molecule has 2 aromatic rings. The summed E-state index contributed by atoms with van der Waals surface area (Å²) in [7, 11) is 0. The first-order valence-electron chi connectivity index (χ1n) is 9.09. The van der Waals surface area contributed by atoms with Crippen molar-refractivity contribution in [2.75, 3.05) is 13.1 Å². The molecule has 1 amide bonds.